The topological polar surface area (TPSA) is 57.2 Å². The number of hydrogen-bond donors (Lipinski definition) is 0. The molecule has 3 nitrogen and oxygen atoms in total. The third kappa shape index (κ3) is 5.00. The summed E-state index contributed by atoms with van der Waals surface area (Å²) in [6, 6.07) is 6.36. The quantitative estimate of drug-likeness (QED) is 0.452. The average Bonchev–Trinajstić information content (AvgIpc) is 1.91. The summed E-state index contributed by atoms with van der Waals surface area (Å²) < 4.78 is 31.0. The maximum Gasteiger partial charge on any atom is 1.00 e. The summed E-state index contributed by atoms with van der Waals surface area (Å²) in [6.07, 6.45) is 0. The van der Waals surface area contributed by atoms with Gasteiger partial charge in [0, 0.05) is 5.02 Å². The predicted molar refractivity (Wildman–Crippen MR) is 44.9 cm³/mol. The molecule has 0 amide bonds. The molecular formula is C7H6ClNaO3S. The first-order valence-corrected chi connectivity index (χ1v) is 5.11. The van der Waals surface area contributed by atoms with Crippen molar-refractivity contribution in [1.29, 1.82) is 0 Å². The second kappa shape index (κ2) is 5.34. The van der Waals surface area contributed by atoms with Gasteiger partial charge in [0.2, 0.25) is 0 Å². The van der Waals surface area contributed by atoms with Crippen molar-refractivity contribution in [3.63, 3.8) is 0 Å². The van der Waals surface area contributed by atoms with Gasteiger partial charge in [0.1, 0.15) is 0 Å². The molecule has 0 unspecified atom stereocenters. The first-order valence-electron chi connectivity index (χ1n) is 3.16. The van der Waals surface area contributed by atoms with Gasteiger partial charge in [-0.1, -0.05) is 29.8 Å². The van der Waals surface area contributed by atoms with Crippen LogP contribution in [0.3, 0.4) is 0 Å². The van der Waals surface area contributed by atoms with E-state index in [4.69, 9.17) is 11.6 Å². The molecule has 1 aromatic carbocycles. The minimum Gasteiger partial charge on any atom is -0.748 e. The van der Waals surface area contributed by atoms with Crippen molar-refractivity contribution in [2.24, 2.45) is 0 Å². The van der Waals surface area contributed by atoms with Crippen LogP contribution in [0.2, 0.25) is 5.02 Å². The maximum absolute atomic E-state index is 10.3. The van der Waals surface area contributed by atoms with Crippen LogP contribution in [0.15, 0.2) is 24.3 Å². The van der Waals surface area contributed by atoms with E-state index in [9.17, 15) is 13.0 Å². The van der Waals surface area contributed by atoms with E-state index in [2.05, 4.69) is 0 Å². The zero-order valence-electron chi connectivity index (χ0n) is 7.03. The van der Waals surface area contributed by atoms with E-state index in [0.29, 0.717) is 10.6 Å². The van der Waals surface area contributed by atoms with Crippen LogP contribution in [0.4, 0.5) is 0 Å². The molecule has 0 heterocycles. The first-order chi connectivity index (χ1) is 5.49. The zero-order valence-corrected chi connectivity index (χ0v) is 10.6. The molecular weight excluding hydrogens is 223 g/mol. The van der Waals surface area contributed by atoms with E-state index in [1.807, 2.05) is 0 Å². The molecule has 0 aliphatic heterocycles. The molecule has 0 fully saturated rings. The van der Waals surface area contributed by atoms with Gasteiger partial charge in [-0.05, 0) is 11.6 Å². The monoisotopic (exact) mass is 228 g/mol. The van der Waals surface area contributed by atoms with E-state index in [-0.39, 0.29) is 29.6 Å². The fourth-order valence-electron chi connectivity index (χ4n) is 0.806. The van der Waals surface area contributed by atoms with Crippen LogP contribution < -0.4 is 29.6 Å². The van der Waals surface area contributed by atoms with Gasteiger partial charge < -0.3 is 4.55 Å². The van der Waals surface area contributed by atoms with Crippen LogP contribution in [-0.2, 0) is 15.9 Å². The van der Waals surface area contributed by atoms with Crippen molar-refractivity contribution in [2.45, 2.75) is 5.75 Å². The molecule has 0 atom stereocenters. The number of hydrogen-bond acceptors (Lipinski definition) is 3. The number of rotatable bonds is 2. The van der Waals surface area contributed by atoms with E-state index in [1.54, 1.807) is 18.2 Å². The maximum atomic E-state index is 10.3. The predicted octanol–water partition coefficient (Wildman–Crippen LogP) is -1.61. The fourth-order valence-corrected chi connectivity index (χ4v) is 1.72. The molecule has 0 aromatic heterocycles. The van der Waals surface area contributed by atoms with Gasteiger partial charge >= 0.3 is 29.6 Å². The van der Waals surface area contributed by atoms with Crippen molar-refractivity contribution in [1.82, 2.24) is 0 Å². The molecule has 13 heavy (non-hydrogen) atoms. The van der Waals surface area contributed by atoms with Crippen molar-refractivity contribution in [2.75, 3.05) is 0 Å². The van der Waals surface area contributed by atoms with Gasteiger partial charge in [-0.25, -0.2) is 8.42 Å². The Bertz CT molecular complexity index is 377. The van der Waals surface area contributed by atoms with Crippen LogP contribution in [0, 0.1) is 0 Å². The van der Waals surface area contributed by atoms with Gasteiger partial charge in [0.25, 0.3) is 0 Å². The van der Waals surface area contributed by atoms with Crippen molar-refractivity contribution < 1.29 is 42.5 Å². The van der Waals surface area contributed by atoms with Crippen molar-refractivity contribution in [3.05, 3.63) is 34.9 Å². The van der Waals surface area contributed by atoms with E-state index in [1.165, 1.54) is 6.07 Å². The second-order valence-corrected chi connectivity index (χ2v) is 4.10. The summed E-state index contributed by atoms with van der Waals surface area (Å²) >= 11 is 5.63. The number of halogens is 1. The Balaban J connectivity index is 0.00000144. The second-order valence-electron chi connectivity index (χ2n) is 2.29. The van der Waals surface area contributed by atoms with Crippen LogP contribution in [0.25, 0.3) is 0 Å². The molecule has 66 valence electrons. The van der Waals surface area contributed by atoms with Crippen LogP contribution in [-0.4, -0.2) is 13.0 Å². The third-order valence-corrected chi connectivity index (χ3v) is 2.32. The summed E-state index contributed by atoms with van der Waals surface area (Å²) in [5.41, 5.74) is 0.342. The minimum atomic E-state index is -4.23. The molecule has 0 saturated carbocycles. The largest absolute Gasteiger partial charge is 1.00 e. The van der Waals surface area contributed by atoms with E-state index >= 15 is 0 Å². The summed E-state index contributed by atoms with van der Waals surface area (Å²) in [5, 5.41) is 0.303. The summed E-state index contributed by atoms with van der Waals surface area (Å²) in [7, 11) is -4.23. The molecule has 0 N–H and O–H groups in total. The van der Waals surface area contributed by atoms with Crippen LogP contribution in [0.5, 0.6) is 0 Å². The molecule has 1 aromatic rings. The standard InChI is InChI=1S/C7H7ClO3S.Na/c8-7-4-2-1-3-6(7)5-12(9,10)11;/h1-4H,5H2,(H,9,10,11);/q;+1/p-1. The van der Waals surface area contributed by atoms with Gasteiger partial charge in [-0.15, -0.1) is 0 Å². The summed E-state index contributed by atoms with van der Waals surface area (Å²) in [6.45, 7) is 0. The Hall–Kier alpha value is 0.420. The smallest absolute Gasteiger partial charge is 0.748 e. The first kappa shape index (κ1) is 13.4. The summed E-state index contributed by atoms with van der Waals surface area (Å²) in [5.74, 6) is -0.549. The molecule has 0 saturated heterocycles. The van der Waals surface area contributed by atoms with Gasteiger partial charge in [0.15, 0.2) is 0 Å². The minimum absolute atomic E-state index is 0. The van der Waals surface area contributed by atoms with Gasteiger partial charge in [0.05, 0.1) is 15.9 Å². The van der Waals surface area contributed by atoms with E-state index < -0.39 is 15.9 Å². The SMILES string of the molecule is O=S(=O)([O-])Cc1ccccc1Cl.[Na+]. The van der Waals surface area contributed by atoms with Crippen LogP contribution >= 0.6 is 11.6 Å². The third-order valence-electron chi connectivity index (χ3n) is 1.29. The summed E-state index contributed by atoms with van der Waals surface area (Å²) in [4.78, 5) is 0. The zero-order chi connectivity index (χ0) is 9.19. The Labute approximate surface area is 104 Å². The Morgan fingerprint density at radius 2 is 1.85 bits per heavy atom. The fraction of sp³-hybridized carbons (Fsp3) is 0.143. The molecule has 0 bridgehead atoms. The molecule has 0 radical (unpaired) electrons. The Morgan fingerprint density at radius 3 is 2.31 bits per heavy atom. The normalized spacial score (nSPS) is 10.6. The van der Waals surface area contributed by atoms with Crippen molar-refractivity contribution >= 4 is 21.7 Å². The molecule has 0 aliphatic rings. The Kier molecular flexibility index (Phi) is 5.51. The molecule has 0 aliphatic carbocycles. The number of benzene rings is 1. The Morgan fingerprint density at radius 1 is 1.31 bits per heavy atom. The van der Waals surface area contributed by atoms with E-state index in [0.717, 1.165) is 0 Å². The van der Waals surface area contributed by atoms with Crippen LogP contribution in [0.1, 0.15) is 5.56 Å². The van der Waals surface area contributed by atoms with Gasteiger partial charge in [-0.2, -0.15) is 0 Å². The van der Waals surface area contributed by atoms with Gasteiger partial charge in [-0.3, -0.25) is 0 Å². The molecule has 1 rings (SSSR count). The molecule has 6 heteroatoms. The van der Waals surface area contributed by atoms with Crippen molar-refractivity contribution in [3.8, 4) is 0 Å². The molecule has 0 spiro atoms. The average molecular weight is 229 g/mol.